The van der Waals surface area contributed by atoms with Crippen molar-refractivity contribution >= 4 is 23.8 Å². The standard InChI is InChI=1S/C19H25N5O5/c1-6-12(2)20-17-21-18(24(3)4)23-19(22-17)29-14-9-7-13(8-10-14)16(26)28-11-15(25)27-5/h7-10,12H,6,11H2,1-5H3,(H,20,21,22,23). The maximum atomic E-state index is 11.9. The van der Waals surface area contributed by atoms with E-state index < -0.39 is 18.5 Å². The van der Waals surface area contributed by atoms with E-state index in [0.717, 1.165) is 6.42 Å². The number of aromatic nitrogens is 3. The predicted octanol–water partition coefficient (Wildman–Crippen LogP) is 2.27. The highest BCUT2D eigenvalue weighted by Crippen LogP contribution is 2.22. The van der Waals surface area contributed by atoms with Crippen molar-refractivity contribution in [3.63, 3.8) is 0 Å². The first kappa shape index (κ1) is 21.9. The monoisotopic (exact) mass is 403 g/mol. The van der Waals surface area contributed by atoms with Gasteiger partial charge >= 0.3 is 17.9 Å². The fourth-order valence-corrected chi connectivity index (χ4v) is 2.01. The van der Waals surface area contributed by atoms with Crippen molar-refractivity contribution in [2.45, 2.75) is 26.3 Å². The van der Waals surface area contributed by atoms with Crippen LogP contribution in [0.3, 0.4) is 0 Å². The molecular weight excluding hydrogens is 378 g/mol. The van der Waals surface area contributed by atoms with Gasteiger partial charge in [-0.2, -0.15) is 15.0 Å². The Morgan fingerprint density at radius 2 is 1.83 bits per heavy atom. The van der Waals surface area contributed by atoms with Crippen LogP contribution >= 0.6 is 0 Å². The molecule has 2 aromatic rings. The number of hydrogen-bond acceptors (Lipinski definition) is 10. The molecule has 10 heteroatoms. The Hall–Kier alpha value is -3.43. The minimum Gasteiger partial charge on any atom is -0.466 e. The molecule has 1 heterocycles. The number of methoxy groups -OCH3 is 1. The third-order valence-electron chi connectivity index (χ3n) is 3.84. The molecule has 0 aliphatic heterocycles. The molecule has 0 spiro atoms. The van der Waals surface area contributed by atoms with Gasteiger partial charge in [0.1, 0.15) is 5.75 Å². The van der Waals surface area contributed by atoms with Crippen LogP contribution in [-0.4, -0.2) is 60.7 Å². The van der Waals surface area contributed by atoms with Gasteiger partial charge in [-0.3, -0.25) is 0 Å². The Morgan fingerprint density at radius 3 is 2.41 bits per heavy atom. The van der Waals surface area contributed by atoms with Crippen LogP contribution < -0.4 is 15.0 Å². The summed E-state index contributed by atoms with van der Waals surface area (Å²) in [5.74, 6) is 0.0171. The van der Waals surface area contributed by atoms with E-state index in [4.69, 9.17) is 9.47 Å². The van der Waals surface area contributed by atoms with Crippen LogP contribution in [0.15, 0.2) is 24.3 Å². The Bertz CT molecular complexity index is 841. The summed E-state index contributed by atoms with van der Waals surface area (Å²) in [6, 6.07) is 6.50. The summed E-state index contributed by atoms with van der Waals surface area (Å²) in [5, 5.41) is 3.20. The van der Waals surface area contributed by atoms with E-state index in [1.54, 1.807) is 17.0 Å². The maximum Gasteiger partial charge on any atom is 0.344 e. The fraction of sp³-hybridized carbons (Fsp3) is 0.421. The number of benzene rings is 1. The summed E-state index contributed by atoms with van der Waals surface area (Å²) in [5.41, 5.74) is 0.269. The molecule has 1 aromatic heterocycles. The second-order valence-corrected chi connectivity index (χ2v) is 6.37. The zero-order chi connectivity index (χ0) is 21.4. The average molecular weight is 403 g/mol. The van der Waals surface area contributed by atoms with Crippen LogP contribution in [0.4, 0.5) is 11.9 Å². The van der Waals surface area contributed by atoms with Gasteiger partial charge < -0.3 is 24.4 Å². The van der Waals surface area contributed by atoms with Crippen molar-refractivity contribution in [1.82, 2.24) is 15.0 Å². The highest BCUT2D eigenvalue weighted by Gasteiger charge is 2.13. The van der Waals surface area contributed by atoms with Gasteiger partial charge in [0.15, 0.2) is 6.61 Å². The largest absolute Gasteiger partial charge is 0.466 e. The highest BCUT2D eigenvalue weighted by molar-refractivity contribution is 5.90. The molecule has 1 aromatic carbocycles. The van der Waals surface area contributed by atoms with Crippen molar-refractivity contribution in [1.29, 1.82) is 0 Å². The topological polar surface area (TPSA) is 116 Å². The molecule has 0 saturated carbocycles. The van der Waals surface area contributed by atoms with Crippen LogP contribution in [-0.2, 0) is 14.3 Å². The van der Waals surface area contributed by atoms with Gasteiger partial charge in [0.25, 0.3) is 0 Å². The normalized spacial score (nSPS) is 11.3. The molecule has 29 heavy (non-hydrogen) atoms. The van der Waals surface area contributed by atoms with Gasteiger partial charge in [-0.15, -0.1) is 0 Å². The van der Waals surface area contributed by atoms with Gasteiger partial charge in [0.05, 0.1) is 12.7 Å². The lowest BCUT2D eigenvalue weighted by molar-refractivity contribution is -0.144. The molecule has 156 valence electrons. The quantitative estimate of drug-likeness (QED) is 0.625. The fourth-order valence-electron chi connectivity index (χ4n) is 2.01. The van der Waals surface area contributed by atoms with Gasteiger partial charge in [-0.25, -0.2) is 9.59 Å². The first-order valence-corrected chi connectivity index (χ1v) is 9.04. The number of rotatable bonds is 9. The Morgan fingerprint density at radius 1 is 1.14 bits per heavy atom. The van der Waals surface area contributed by atoms with Crippen LogP contribution in [0.1, 0.15) is 30.6 Å². The van der Waals surface area contributed by atoms with E-state index in [1.165, 1.54) is 19.2 Å². The van der Waals surface area contributed by atoms with Crippen LogP contribution in [0.25, 0.3) is 0 Å². The third-order valence-corrected chi connectivity index (χ3v) is 3.84. The predicted molar refractivity (Wildman–Crippen MR) is 106 cm³/mol. The zero-order valence-electron chi connectivity index (χ0n) is 17.1. The molecule has 0 radical (unpaired) electrons. The molecule has 0 amide bonds. The number of ether oxygens (including phenoxy) is 3. The molecule has 0 saturated heterocycles. The molecule has 0 aliphatic rings. The van der Waals surface area contributed by atoms with Gasteiger partial charge in [0.2, 0.25) is 11.9 Å². The van der Waals surface area contributed by atoms with Crippen molar-refractivity contribution in [3.05, 3.63) is 29.8 Å². The first-order chi connectivity index (χ1) is 13.8. The van der Waals surface area contributed by atoms with Crippen molar-refractivity contribution in [2.24, 2.45) is 0 Å². The summed E-state index contributed by atoms with van der Waals surface area (Å²) in [6.45, 7) is 3.64. The maximum absolute atomic E-state index is 11.9. The number of anilines is 2. The molecule has 0 fully saturated rings. The van der Waals surface area contributed by atoms with E-state index >= 15 is 0 Å². The highest BCUT2D eigenvalue weighted by atomic mass is 16.6. The number of nitrogens with zero attached hydrogens (tertiary/aromatic N) is 4. The van der Waals surface area contributed by atoms with Gasteiger partial charge in [0, 0.05) is 20.1 Å². The van der Waals surface area contributed by atoms with Crippen LogP contribution in [0, 0.1) is 0 Å². The van der Waals surface area contributed by atoms with E-state index in [1.807, 2.05) is 21.0 Å². The summed E-state index contributed by atoms with van der Waals surface area (Å²) in [7, 11) is 4.86. The molecular formula is C19H25N5O5. The summed E-state index contributed by atoms with van der Waals surface area (Å²) < 4.78 is 15.0. The summed E-state index contributed by atoms with van der Waals surface area (Å²) >= 11 is 0. The van der Waals surface area contributed by atoms with Crippen LogP contribution in [0.5, 0.6) is 11.8 Å². The molecule has 1 unspecified atom stereocenters. The Balaban J connectivity index is 2.12. The molecule has 10 nitrogen and oxygen atoms in total. The summed E-state index contributed by atoms with van der Waals surface area (Å²) in [6.07, 6.45) is 0.909. The number of carbonyl (C=O) groups excluding carboxylic acids is 2. The number of nitrogens with one attached hydrogen (secondary N) is 1. The minimum atomic E-state index is -0.642. The van der Waals surface area contributed by atoms with Crippen molar-refractivity contribution in [2.75, 3.05) is 38.0 Å². The van der Waals surface area contributed by atoms with E-state index in [9.17, 15) is 9.59 Å². The lowest BCUT2D eigenvalue weighted by Crippen LogP contribution is -2.19. The van der Waals surface area contributed by atoms with Crippen molar-refractivity contribution < 1.29 is 23.8 Å². The molecule has 0 bridgehead atoms. The van der Waals surface area contributed by atoms with Gasteiger partial charge in [-0.05, 0) is 37.6 Å². The minimum absolute atomic E-state index is 0.121. The lowest BCUT2D eigenvalue weighted by Gasteiger charge is -2.16. The number of esters is 2. The second-order valence-electron chi connectivity index (χ2n) is 6.37. The molecule has 0 aliphatic carbocycles. The second kappa shape index (κ2) is 10.2. The number of hydrogen-bond donors (Lipinski definition) is 1. The summed E-state index contributed by atoms with van der Waals surface area (Å²) in [4.78, 5) is 37.6. The van der Waals surface area contributed by atoms with E-state index in [2.05, 4.69) is 31.9 Å². The Kier molecular flexibility index (Phi) is 7.70. The lowest BCUT2D eigenvalue weighted by atomic mass is 10.2. The molecule has 2 rings (SSSR count). The van der Waals surface area contributed by atoms with E-state index in [0.29, 0.717) is 17.6 Å². The SMILES string of the molecule is CCC(C)Nc1nc(Oc2ccc(C(=O)OCC(=O)OC)cc2)nc(N(C)C)n1. The molecule has 1 atom stereocenters. The Labute approximate surface area is 169 Å². The number of carbonyl (C=O) groups is 2. The zero-order valence-corrected chi connectivity index (χ0v) is 17.1. The smallest absolute Gasteiger partial charge is 0.344 e. The first-order valence-electron chi connectivity index (χ1n) is 9.04. The third kappa shape index (κ3) is 6.59. The van der Waals surface area contributed by atoms with E-state index in [-0.39, 0.29) is 17.6 Å². The molecule has 1 N–H and O–H groups in total. The van der Waals surface area contributed by atoms with Crippen LogP contribution in [0.2, 0.25) is 0 Å². The van der Waals surface area contributed by atoms with Crippen molar-refractivity contribution in [3.8, 4) is 11.8 Å². The average Bonchev–Trinajstić information content (AvgIpc) is 2.71. The van der Waals surface area contributed by atoms with Gasteiger partial charge in [-0.1, -0.05) is 6.92 Å².